The van der Waals surface area contributed by atoms with E-state index >= 15 is 0 Å². The largest absolute Gasteiger partial charge is 0.350 e. The first-order chi connectivity index (χ1) is 10.8. The van der Waals surface area contributed by atoms with Gasteiger partial charge >= 0.3 is 0 Å². The van der Waals surface area contributed by atoms with Gasteiger partial charge in [-0.25, -0.2) is 0 Å². The summed E-state index contributed by atoms with van der Waals surface area (Å²) >= 11 is 0. The molecule has 0 aliphatic carbocycles. The maximum atomic E-state index is 12.5. The first-order valence-corrected chi connectivity index (χ1v) is 8.31. The Morgan fingerprint density at radius 3 is 2.61 bits per heavy atom. The number of hydrogen-bond acceptors (Lipinski definition) is 3. The molecule has 0 saturated carbocycles. The molecule has 4 heteroatoms. The van der Waals surface area contributed by atoms with Crippen LogP contribution in [0.15, 0.2) is 36.4 Å². The van der Waals surface area contributed by atoms with Crippen molar-refractivity contribution in [2.24, 2.45) is 0 Å². The third kappa shape index (κ3) is 5.81. The quantitative estimate of drug-likeness (QED) is 0.925. The van der Waals surface area contributed by atoms with E-state index < -0.39 is 0 Å². The van der Waals surface area contributed by atoms with Crippen molar-refractivity contribution in [3.8, 4) is 0 Å². The van der Waals surface area contributed by atoms with Gasteiger partial charge in [0.05, 0.1) is 0 Å². The first-order valence-electron chi connectivity index (χ1n) is 8.31. The smallest absolute Gasteiger partial charge is 0.239 e. The Hall–Kier alpha value is -1.65. The summed E-state index contributed by atoms with van der Waals surface area (Å²) in [6.45, 7) is 9.63. The van der Waals surface area contributed by atoms with Crippen LogP contribution in [0.25, 0.3) is 6.08 Å². The van der Waals surface area contributed by atoms with E-state index in [1.54, 1.807) is 0 Å². The van der Waals surface area contributed by atoms with Crippen LogP contribution in [0.4, 0.5) is 0 Å². The molecule has 1 heterocycles. The minimum absolute atomic E-state index is 0.0758. The van der Waals surface area contributed by atoms with E-state index in [-0.39, 0.29) is 17.5 Å². The summed E-state index contributed by atoms with van der Waals surface area (Å²) in [7, 11) is 2.03. The molecular formula is C19H29N3O. The van der Waals surface area contributed by atoms with Gasteiger partial charge in [-0.1, -0.05) is 42.5 Å². The van der Waals surface area contributed by atoms with Gasteiger partial charge in [0.15, 0.2) is 0 Å². The Kier molecular flexibility index (Phi) is 5.97. The summed E-state index contributed by atoms with van der Waals surface area (Å²) in [5, 5.41) is 3.10. The highest BCUT2D eigenvalue weighted by Crippen LogP contribution is 2.10. The molecule has 1 atom stereocenters. The Morgan fingerprint density at radius 2 is 1.96 bits per heavy atom. The second-order valence-electron chi connectivity index (χ2n) is 7.31. The Balaban J connectivity index is 1.89. The number of amides is 1. The minimum atomic E-state index is -0.187. The van der Waals surface area contributed by atoms with Crippen LogP contribution in [0.3, 0.4) is 0 Å². The average molecular weight is 315 g/mol. The van der Waals surface area contributed by atoms with E-state index in [1.807, 2.05) is 46.0 Å². The highest BCUT2D eigenvalue weighted by atomic mass is 16.2. The van der Waals surface area contributed by atoms with E-state index in [2.05, 4.69) is 39.4 Å². The molecule has 1 amide bonds. The van der Waals surface area contributed by atoms with Crippen molar-refractivity contribution in [2.75, 3.05) is 33.2 Å². The van der Waals surface area contributed by atoms with Crippen molar-refractivity contribution in [1.82, 2.24) is 15.1 Å². The van der Waals surface area contributed by atoms with Crippen LogP contribution in [0.5, 0.6) is 0 Å². The molecule has 1 fully saturated rings. The Bertz CT molecular complexity index is 533. The number of likely N-dealkylation sites (N-methyl/N-ethyl adjacent to an activating group) is 1. The fraction of sp³-hybridized carbons (Fsp3) is 0.526. The molecule has 23 heavy (non-hydrogen) atoms. The second kappa shape index (κ2) is 7.75. The molecule has 0 spiro atoms. The fourth-order valence-electron chi connectivity index (χ4n) is 2.73. The first kappa shape index (κ1) is 17.7. The molecule has 2 rings (SSSR count). The van der Waals surface area contributed by atoms with Crippen LogP contribution >= 0.6 is 0 Å². The van der Waals surface area contributed by atoms with E-state index in [4.69, 9.17) is 0 Å². The molecular weight excluding hydrogens is 286 g/mol. The Labute approximate surface area is 140 Å². The second-order valence-corrected chi connectivity index (χ2v) is 7.31. The van der Waals surface area contributed by atoms with Gasteiger partial charge < -0.3 is 5.32 Å². The third-order valence-electron chi connectivity index (χ3n) is 4.01. The van der Waals surface area contributed by atoms with Gasteiger partial charge in [-0.2, -0.15) is 0 Å². The average Bonchev–Trinajstić information content (AvgIpc) is 2.48. The monoisotopic (exact) mass is 315 g/mol. The zero-order valence-electron chi connectivity index (χ0n) is 14.7. The van der Waals surface area contributed by atoms with Gasteiger partial charge in [0, 0.05) is 31.7 Å². The number of carbonyl (C=O) groups excluding carboxylic acids is 1. The molecule has 1 aliphatic rings. The van der Waals surface area contributed by atoms with Crippen LogP contribution in [0, 0.1) is 0 Å². The summed E-state index contributed by atoms with van der Waals surface area (Å²) in [6.07, 6.45) is 4.32. The maximum Gasteiger partial charge on any atom is 0.239 e. The minimum Gasteiger partial charge on any atom is -0.350 e. The molecule has 0 radical (unpaired) electrons. The summed E-state index contributed by atoms with van der Waals surface area (Å²) < 4.78 is 0. The number of nitrogens with one attached hydrogen (secondary N) is 1. The molecule has 0 aromatic heterocycles. The van der Waals surface area contributed by atoms with E-state index in [1.165, 1.54) is 5.56 Å². The number of nitrogens with zero attached hydrogens (tertiary/aromatic N) is 2. The van der Waals surface area contributed by atoms with Crippen molar-refractivity contribution < 1.29 is 4.79 Å². The van der Waals surface area contributed by atoms with E-state index in [9.17, 15) is 4.79 Å². The van der Waals surface area contributed by atoms with Gasteiger partial charge in [-0.3, -0.25) is 14.6 Å². The zero-order valence-corrected chi connectivity index (χ0v) is 14.7. The van der Waals surface area contributed by atoms with Crippen LogP contribution in [-0.2, 0) is 4.79 Å². The number of carbonyl (C=O) groups is 1. The predicted molar refractivity (Wildman–Crippen MR) is 96.2 cm³/mol. The fourth-order valence-corrected chi connectivity index (χ4v) is 2.73. The van der Waals surface area contributed by atoms with Gasteiger partial charge in [0.25, 0.3) is 0 Å². The summed E-state index contributed by atoms with van der Waals surface area (Å²) in [5.74, 6) is 0.122. The molecule has 1 aromatic rings. The van der Waals surface area contributed by atoms with Crippen molar-refractivity contribution in [2.45, 2.75) is 32.4 Å². The lowest BCUT2D eigenvalue weighted by atomic mass is 10.1. The highest BCUT2D eigenvalue weighted by molar-refractivity contribution is 5.82. The summed E-state index contributed by atoms with van der Waals surface area (Å²) in [5.41, 5.74) is 1.02. The number of piperazine rings is 1. The number of hydrogen-bond donors (Lipinski definition) is 1. The van der Waals surface area contributed by atoms with Gasteiger partial charge in [-0.05, 0) is 33.4 Å². The Morgan fingerprint density at radius 1 is 1.26 bits per heavy atom. The van der Waals surface area contributed by atoms with Crippen molar-refractivity contribution in [1.29, 1.82) is 0 Å². The highest BCUT2D eigenvalue weighted by Gasteiger charge is 2.31. The van der Waals surface area contributed by atoms with Gasteiger partial charge in [-0.15, -0.1) is 0 Å². The van der Waals surface area contributed by atoms with Crippen molar-refractivity contribution in [3.63, 3.8) is 0 Å². The normalized spacial score (nSPS) is 20.8. The standard InChI is InChI=1S/C19H29N3O/c1-19(2,3)20-18(23)17-15-22(14-13-21(17)4)12-8-11-16-9-6-5-7-10-16/h5-11,17H,12-15H2,1-4H3,(H,20,23)/b11-8+/t17-/m0/s1. The SMILES string of the molecule is CN1CCN(C/C=C/c2ccccc2)C[C@H]1C(=O)NC(C)(C)C. The molecule has 1 aliphatic heterocycles. The molecule has 1 saturated heterocycles. The number of rotatable bonds is 4. The summed E-state index contributed by atoms with van der Waals surface area (Å²) in [4.78, 5) is 17.0. The molecule has 0 bridgehead atoms. The predicted octanol–water partition coefficient (Wildman–Crippen LogP) is 2.23. The maximum absolute atomic E-state index is 12.5. The van der Waals surface area contributed by atoms with Gasteiger partial charge in [0.2, 0.25) is 5.91 Å². The lowest BCUT2D eigenvalue weighted by Gasteiger charge is -2.39. The van der Waals surface area contributed by atoms with Crippen LogP contribution in [-0.4, -0.2) is 60.5 Å². The lowest BCUT2D eigenvalue weighted by Crippen LogP contribution is -2.59. The topological polar surface area (TPSA) is 35.6 Å². The molecule has 1 aromatic carbocycles. The lowest BCUT2D eigenvalue weighted by molar-refractivity contribution is -0.129. The zero-order chi connectivity index (χ0) is 16.9. The van der Waals surface area contributed by atoms with Crippen LogP contribution < -0.4 is 5.32 Å². The third-order valence-corrected chi connectivity index (χ3v) is 4.01. The van der Waals surface area contributed by atoms with Crippen molar-refractivity contribution >= 4 is 12.0 Å². The molecule has 1 N–H and O–H groups in total. The summed E-state index contributed by atoms with van der Waals surface area (Å²) in [6, 6.07) is 10.2. The molecule has 126 valence electrons. The molecule has 0 unspecified atom stereocenters. The van der Waals surface area contributed by atoms with Crippen LogP contribution in [0.1, 0.15) is 26.3 Å². The van der Waals surface area contributed by atoms with Crippen LogP contribution in [0.2, 0.25) is 0 Å². The van der Waals surface area contributed by atoms with E-state index in [0.717, 1.165) is 26.2 Å². The van der Waals surface area contributed by atoms with Gasteiger partial charge in [0.1, 0.15) is 6.04 Å². The van der Waals surface area contributed by atoms with E-state index in [0.29, 0.717) is 0 Å². The van der Waals surface area contributed by atoms with Crippen molar-refractivity contribution in [3.05, 3.63) is 42.0 Å². The molecule has 4 nitrogen and oxygen atoms in total. The number of benzene rings is 1.